The predicted octanol–water partition coefficient (Wildman–Crippen LogP) is 2.63. The smallest absolute Gasteiger partial charge is 0.320 e. The van der Waals surface area contributed by atoms with Gasteiger partial charge in [-0.15, -0.1) is 0 Å². The number of nitrogens with zero attached hydrogens (tertiary/aromatic N) is 1. The van der Waals surface area contributed by atoms with Gasteiger partial charge in [0.15, 0.2) is 0 Å². The van der Waals surface area contributed by atoms with E-state index in [1.165, 1.54) is 0 Å². The number of rotatable bonds is 7. The van der Waals surface area contributed by atoms with Gasteiger partial charge < -0.3 is 9.84 Å². The van der Waals surface area contributed by atoms with Crippen molar-refractivity contribution in [3.63, 3.8) is 0 Å². The van der Waals surface area contributed by atoms with Crippen LogP contribution in [0.4, 0.5) is 0 Å². The molecule has 0 aliphatic carbocycles. The molecule has 0 saturated heterocycles. The largest absolute Gasteiger partial charge is 0.497 e. The van der Waals surface area contributed by atoms with E-state index in [-0.39, 0.29) is 0 Å². The summed E-state index contributed by atoms with van der Waals surface area (Å²) in [6, 6.07) is 7.26. The van der Waals surface area contributed by atoms with Gasteiger partial charge in [0, 0.05) is 6.54 Å². The fraction of sp³-hybridized carbons (Fsp3) is 0.533. The number of aliphatic carboxylic acids is 1. The Hall–Kier alpha value is -1.55. The first-order chi connectivity index (χ1) is 8.93. The molecule has 1 unspecified atom stereocenters. The second kappa shape index (κ2) is 7.14. The first-order valence-electron chi connectivity index (χ1n) is 6.50. The van der Waals surface area contributed by atoms with Gasteiger partial charge in [0.25, 0.3) is 0 Å². The van der Waals surface area contributed by atoms with E-state index in [0.717, 1.165) is 11.3 Å². The highest BCUT2D eigenvalue weighted by Crippen LogP contribution is 2.17. The van der Waals surface area contributed by atoms with E-state index in [0.29, 0.717) is 18.9 Å². The zero-order valence-corrected chi connectivity index (χ0v) is 12.1. The lowest BCUT2D eigenvalue weighted by atomic mass is 10.0. The van der Waals surface area contributed by atoms with Crippen LogP contribution in [0.2, 0.25) is 0 Å². The molecule has 106 valence electrons. The Morgan fingerprint density at radius 3 is 2.63 bits per heavy atom. The molecule has 0 heterocycles. The summed E-state index contributed by atoms with van der Waals surface area (Å²) < 4.78 is 5.17. The van der Waals surface area contributed by atoms with Gasteiger partial charge in [0.05, 0.1) is 7.11 Å². The van der Waals surface area contributed by atoms with Crippen LogP contribution in [0.5, 0.6) is 5.75 Å². The van der Waals surface area contributed by atoms with Crippen LogP contribution in [0.3, 0.4) is 0 Å². The fourth-order valence-electron chi connectivity index (χ4n) is 2.08. The molecule has 0 aliphatic rings. The first kappa shape index (κ1) is 15.5. The summed E-state index contributed by atoms with van der Waals surface area (Å²) in [5.74, 6) is 0.384. The van der Waals surface area contributed by atoms with Crippen LogP contribution >= 0.6 is 0 Å². The average molecular weight is 265 g/mol. The number of hydrogen-bond acceptors (Lipinski definition) is 3. The minimum absolute atomic E-state index is 0.355. The number of methoxy groups -OCH3 is 1. The number of carboxylic acid groups (broad SMARTS) is 1. The monoisotopic (exact) mass is 265 g/mol. The van der Waals surface area contributed by atoms with Crippen LogP contribution in [0.25, 0.3) is 0 Å². The van der Waals surface area contributed by atoms with E-state index in [1.54, 1.807) is 7.11 Å². The Kier molecular flexibility index (Phi) is 5.83. The van der Waals surface area contributed by atoms with Crippen molar-refractivity contribution in [2.75, 3.05) is 14.2 Å². The maximum atomic E-state index is 11.3. The number of carbonyl (C=O) groups is 1. The lowest BCUT2D eigenvalue weighted by Gasteiger charge is -2.26. The van der Waals surface area contributed by atoms with E-state index in [9.17, 15) is 9.90 Å². The molecular weight excluding hydrogens is 242 g/mol. The lowest BCUT2D eigenvalue weighted by Crippen LogP contribution is -2.39. The summed E-state index contributed by atoms with van der Waals surface area (Å²) >= 11 is 0. The van der Waals surface area contributed by atoms with E-state index >= 15 is 0 Å². The molecule has 0 aliphatic heterocycles. The maximum Gasteiger partial charge on any atom is 0.320 e. The topological polar surface area (TPSA) is 49.8 Å². The van der Waals surface area contributed by atoms with Gasteiger partial charge in [-0.2, -0.15) is 0 Å². The van der Waals surface area contributed by atoms with Crippen molar-refractivity contribution in [1.29, 1.82) is 0 Å². The Balaban J connectivity index is 2.74. The zero-order valence-electron chi connectivity index (χ0n) is 12.1. The molecule has 0 spiro atoms. The van der Waals surface area contributed by atoms with Gasteiger partial charge in [-0.05, 0) is 37.1 Å². The van der Waals surface area contributed by atoms with E-state index in [2.05, 4.69) is 0 Å². The average Bonchev–Trinajstić information content (AvgIpc) is 2.35. The van der Waals surface area contributed by atoms with Crippen LogP contribution < -0.4 is 4.74 Å². The molecule has 4 nitrogen and oxygen atoms in total. The first-order valence-corrected chi connectivity index (χ1v) is 6.50. The van der Waals surface area contributed by atoms with Crippen molar-refractivity contribution in [2.24, 2.45) is 5.92 Å². The van der Waals surface area contributed by atoms with Gasteiger partial charge in [-0.25, -0.2) is 0 Å². The molecule has 19 heavy (non-hydrogen) atoms. The van der Waals surface area contributed by atoms with Gasteiger partial charge in [-0.1, -0.05) is 26.0 Å². The highest BCUT2D eigenvalue weighted by molar-refractivity contribution is 5.73. The normalized spacial score (nSPS) is 12.7. The number of likely N-dealkylation sites (N-methyl/N-ethyl adjacent to an activating group) is 1. The third kappa shape index (κ3) is 4.91. The summed E-state index contributed by atoms with van der Waals surface area (Å²) in [5, 5.41) is 9.30. The summed E-state index contributed by atoms with van der Waals surface area (Å²) in [6.07, 6.45) is 0.649. The highest BCUT2D eigenvalue weighted by Gasteiger charge is 2.23. The van der Waals surface area contributed by atoms with E-state index in [1.807, 2.05) is 50.1 Å². The molecule has 1 atom stereocenters. The number of carboxylic acids is 1. The molecule has 1 N–H and O–H groups in total. The Bertz CT molecular complexity index is 418. The molecule has 1 aromatic carbocycles. The van der Waals surface area contributed by atoms with Crippen LogP contribution in [0.1, 0.15) is 25.8 Å². The van der Waals surface area contributed by atoms with Crippen molar-refractivity contribution in [2.45, 2.75) is 32.9 Å². The van der Waals surface area contributed by atoms with E-state index < -0.39 is 12.0 Å². The molecule has 0 radical (unpaired) electrons. The molecule has 0 bridgehead atoms. The third-order valence-electron chi connectivity index (χ3n) is 3.08. The number of benzene rings is 1. The molecule has 0 aromatic heterocycles. The van der Waals surface area contributed by atoms with Gasteiger partial charge in [0.2, 0.25) is 0 Å². The van der Waals surface area contributed by atoms with Crippen LogP contribution in [0, 0.1) is 5.92 Å². The van der Waals surface area contributed by atoms with Crippen molar-refractivity contribution in [3.05, 3.63) is 29.8 Å². The molecule has 1 aromatic rings. The Morgan fingerprint density at radius 2 is 2.11 bits per heavy atom. The van der Waals surface area contributed by atoms with E-state index in [4.69, 9.17) is 4.74 Å². The highest BCUT2D eigenvalue weighted by atomic mass is 16.5. The Morgan fingerprint density at radius 1 is 1.42 bits per heavy atom. The molecular formula is C15H23NO3. The summed E-state index contributed by atoms with van der Waals surface area (Å²) in [5.41, 5.74) is 1.05. The molecule has 1 rings (SSSR count). The lowest BCUT2D eigenvalue weighted by molar-refractivity contribution is -0.143. The molecule has 0 saturated carbocycles. The fourth-order valence-corrected chi connectivity index (χ4v) is 2.08. The van der Waals surface area contributed by atoms with Gasteiger partial charge in [-0.3, -0.25) is 9.69 Å². The minimum atomic E-state index is -0.765. The predicted molar refractivity (Wildman–Crippen MR) is 75.3 cm³/mol. The Labute approximate surface area is 115 Å². The summed E-state index contributed by atoms with van der Waals surface area (Å²) in [6.45, 7) is 4.67. The van der Waals surface area contributed by atoms with Crippen molar-refractivity contribution >= 4 is 5.97 Å². The number of hydrogen-bond donors (Lipinski definition) is 1. The van der Waals surface area contributed by atoms with Crippen LogP contribution in [0.15, 0.2) is 24.3 Å². The minimum Gasteiger partial charge on any atom is -0.497 e. The van der Waals surface area contributed by atoms with Crippen molar-refractivity contribution in [1.82, 2.24) is 4.90 Å². The standard InChI is InChI=1S/C15H23NO3/c1-11(2)8-14(15(17)18)16(3)10-12-6-5-7-13(9-12)19-4/h5-7,9,11,14H,8,10H2,1-4H3,(H,17,18). The molecule has 0 amide bonds. The van der Waals surface area contributed by atoms with Crippen LogP contribution in [-0.2, 0) is 11.3 Å². The second-order valence-electron chi connectivity index (χ2n) is 5.25. The van der Waals surface area contributed by atoms with Gasteiger partial charge >= 0.3 is 5.97 Å². The number of ether oxygens (including phenoxy) is 1. The second-order valence-corrected chi connectivity index (χ2v) is 5.25. The molecule has 4 heteroatoms. The SMILES string of the molecule is COc1cccc(CN(C)C(CC(C)C)C(=O)O)c1. The van der Waals surface area contributed by atoms with Crippen molar-refractivity contribution in [3.8, 4) is 5.75 Å². The zero-order chi connectivity index (χ0) is 14.4. The summed E-state index contributed by atoms with van der Waals surface area (Å²) in [7, 11) is 3.47. The quantitative estimate of drug-likeness (QED) is 0.823. The summed E-state index contributed by atoms with van der Waals surface area (Å²) in [4.78, 5) is 13.2. The van der Waals surface area contributed by atoms with Crippen molar-refractivity contribution < 1.29 is 14.6 Å². The third-order valence-corrected chi connectivity index (χ3v) is 3.08. The van der Waals surface area contributed by atoms with Crippen LogP contribution in [-0.4, -0.2) is 36.2 Å². The molecule has 0 fully saturated rings. The maximum absolute atomic E-state index is 11.3. The van der Waals surface area contributed by atoms with Gasteiger partial charge in [0.1, 0.15) is 11.8 Å².